The summed E-state index contributed by atoms with van der Waals surface area (Å²) in [4.78, 5) is 16.7. The molecule has 0 aliphatic rings. The van der Waals surface area contributed by atoms with Gasteiger partial charge in [-0.1, -0.05) is 28.1 Å². The zero-order valence-electron chi connectivity index (χ0n) is 10.3. The average molecular weight is 326 g/mol. The number of esters is 1. The Morgan fingerprint density at radius 1 is 1.39 bits per heavy atom. The molecule has 0 fully saturated rings. The number of ether oxygens (including phenoxy) is 1. The number of rotatable bonds is 2. The Balaban J connectivity index is 2.45. The maximum Gasteiger partial charge on any atom is 0.357 e. The SMILES string of the molecule is COC(=O)c1nc(-c2ccc(C)c(Br)c2)sc1C. The summed E-state index contributed by atoms with van der Waals surface area (Å²) in [6.45, 7) is 3.90. The molecule has 2 rings (SSSR count). The van der Waals surface area contributed by atoms with E-state index in [1.807, 2.05) is 32.0 Å². The second-order valence-electron chi connectivity index (χ2n) is 3.88. The first-order chi connectivity index (χ1) is 8.52. The number of hydrogen-bond donors (Lipinski definition) is 0. The third kappa shape index (κ3) is 2.47. The Kier molecular flexibility index (Phi) is 3.82. The number of carbonyl (C=O) groups is 1. The molecule has 2 aromatic rings. The van der Waals surface area contributed by atoms with Crippen molar-refractivity contribution < 1.29 is 9.53 Å². The van der Waals surface area contributed by atoms with Crippen LogP contribution in [0.2, 0.25) is 0 Å². The molecular formula is C13H12BrNO2S. The molecule has 1 heterocycles. The Labute approximate surface area is 118 Å². The van der Waals surface area contributed by atoms with Crippen LogP contribution in [-0.4, -0.2) is 18.1 Å². The average Bonchev–Trinajstić information content (AvgIpc) is 2.74. The van der Waals surface area contributed by atoms with E-state index in [1.54, 1.807) is 0 Å². The first kappa shape index (κ1) is 13.2. The van der Waals surface area contributed by atoms with Crippen molar-refractivity contribution in [3.8, 4) is 10.6 Å². The predicted molar refractivity (Wildman–Crippen MR) is 76.1 cm³/mol. The molecule has 0 amide bonds. The summed E-state index contributed by atoms with van der Waals surface area (Å²) in [6.07, 6.45) is 0. The molecular weight excluding hydrogens is 314 g/mol. The Morgan fingerprint density at radius 3 is 2.72 bits per heavy atom. The summed E-state index contributed by atoms with van der Waals surface area (Å²) in [5.41, 5.74) is 2.56. The maximum atomic E-state index is 11.5. The van der Waals surface area contributed by atoms with Crippen molar-refractivity contribution >= 4 is 33.2 Å². The highest BCUT2D eigenvalue weighted by Gasteiger charge is 2.16. The smallest absolute Gasteiger partial charge is 0.357 e. The second kappa shape index (κ2) is 5.20. The molecule has 0 aliphatic carbocycles. The van der Waals surface area contributed by atoms with E-state index in [-0.39, 0.29) is 5.97 Å². The van der Waals surface area contributed by atoms with E-state index < -0.39 is 0 Å². The molecule has 0 atom stereocenters. The number of benzene rings is 1. The number of thiazole rings is 1. The van der Waals surface area contributed by atoms with Gasteiger partial charge in [0.1, 0.15) is 5.01 Å². The number of methoxy groups -OCH3 is 1. The summed E-state index contributed by atoms with van der Waals surface area (Å²) in [6, 6.07) is 6.03. The van der Waals surface area contributed by atoms with Crippen LogP contribution in [0.4, 0.5) is 0 Å². The Hall–Kier alpha value is -1.20. The number of aryl methyl sites for hydroxylation is 2. The van der Waals surface area contributed by atoms with E-state index in [2.05, 4.69) is 20.9 Å². The van der Waals surface area contributed by atoms with Crippen molar-refractivity contribution in [2.75, 3.05) is 7.11 Å². The molecule has 0 bridgehead atoms. The second-order valence-corrected chi connectivity index (χ2v) is 5.94. The van der Waals surface area contributed by atoms with Crippen molar-refractivity contribution in [1.29, 1.82) is 0 Å². The van der Waals surface area contributed by atoms with Gasteiger partial charge in [0.25, 0.3) is 0 Å². The van der Waals surface area contributed by atoms with Gasteiger partial charge in [0.2, 0.25) is 0 Å². The van der Waals surface area contributed by atoms with E-state index in [1.165, 1.54) is 24.0 Å². The van der Waals surface area contributed by atoms with Gasteiger partial charge < -0.3 is 4.74 Å². The van der Waals surface area contributed by atoms with Crippen molar-refractivity contribution in [2.24, 2.45) is 0 Å². The lowest BCUT2D eigenvalue weighted by atomic mass is 10.2. The number of aromatic nitrogens is 1. The van der Waals surface area contributed by atoms with Gasteiger partial charge in [-0.3, -0.25) is 0 Å². The van der Waals surface area contributed by atoms with Crippen LogP contribution in [0.15, 0.2) is 22.7 Å². The van der Waals surface area contributed by atoms with Crippen LogP contribution in [0.1, 0.15) is 20.9 Å². The minimum atomic E-state index is -0.388. The third-order valence-electron chi connectivity index (χ3n) is 2.59. The minimum absolute atomic E-state index is 0.388. The normalized spacial score (nSPS) is 10.4. The van der Waals surface area contributed by atoms with Crippen LogP contribution >= 0.6 is 27.3 Å². The fraction of sp³-hybridized carbons (Fsp3) is 0.231. The highest BCUT2D eigenvalue weighted by atomic mass is 79.9. The van der Waals surface area contributed by atoms with E-state index >= 15 is 0 Å². The summed E-state index contributed by atoms with van der Waals surface area (Å²) in [5, 5.41) is 0.827. The standard InChI is InChI=1S/C13H12BrNO2S/c1-7-4-5-9(6-10(7)14)12-15-11(8(2)18-12)13(16)17-3/h4-6H,1-3H3. The van der Waals surface area contributed by atoms with Gasteiger partial charge >= 0.3 is 5.97 Å². The van der Waals surface area contributed by atoms with Crippen LogP contribution in [-0.2, 0) is 4.74 Å². The minimum Gasteiger partial charge on any atom is -0.464 e. The number of halogens is 1. The molecule has 5 heteroatoms. The van der Waals surface area contributed by atoms with E-state index in [4.69, 9.17) is 4.74 Å². The Bertz CT molecular complexity index is 607. The zero-order chi connectivity index (χ0) is 13.3. The van der Waals surface area contributed by atoms with Gasteiger partial charge in [0.05, 0.1) is 7.11 Å². The lowest BCUT2D eigenvalue weighted by molar-refractivity contribution is 0.0594. The monoisotopic (exact) mass is 325 g/mol. The lowest BCUT2D eigenvalue weighted by Gasteiger charge is -2.00. The first-order valence-electron chi connectivity index (χ1n) is 5.35. The van der Waals surface area contributed by atoms with Crippen LogP contribution in [0.25, 0.3) is 10.6 Å². The lowest BCUT2D eigenvalue weighted by Crippen LogP contribution is -2.03. The molecule has 0 N–H and O–H groups in total. The number of hydrogen-bond acceptors (Lipinski definition) is 4. The van der Waals surface area contributed by atoms with Gasteiger partial charge in [-0.05, 0) is 25.5 Å². The van der Waals surface area contributed by atoms with Crippen LogP contribution in [0.5, 0.6) is 0 Å². The first-order valence-corrected chi connectivity index (χ1v) is 6.96. The zero-order valence-corrected chi connectivity index (χ0v) is 12.7. The van der Waals surface area contributed by atoms with Crippen molar-refractivity contribution in [3.05, 3.63) is 38.8 Å². The van der Waals surface area contributed by atoms with Crippen LogP contribution < -0.4 is 0 Å². The Morgan fingerprint density at radius 2 is 2.11 bits per heavy atom. The fourth-order valence-electron chi connectivity index (χ4n) is 1.53. The quantitative estimate of drug-likeness (QED) is 0.784. The van der Waals surface area contributed by atoms with Crippen molar-refractivity contribution in [3.63, 3.8) is 0 Å². The van der Waals surface area contributed by atoms with Crippen LogP contribution in [0.3, 0.4) is 0 Å². The number of nitrogens with zero attached hydrogens (tertiary/aromatic N) is 1. The molecule has 94 valence electrons. The molecule has 18 heavy (non-hydrogen) atoms. The molecule has 0 aliphatic heterocycles. The van der Waals surface area contributed by atoms with Gasteiger partial charge in [0, 0.05) is 14.9 Å². The van der Waals surface area contributed by atoms with Gasteiger partial charge in [-0.2, -0.15) is 0 Å². The van der Waals surface area contributed by atoms with Crippen molar-refractivity contribution in [1.82, 2.24) is 4.98 Å². The van der Waals surface area contributed by atoms with Gasteiger partial charge in [-0.25, -0.2) is 9.78 Å². The molecule has 0 saturated heterocycles. The summed E-state index contributed by atoms with van der Waals surface area (Å²) in [7, 11) is 1.36. The van der Waals surface area contributed by atoms with E-state index in [9.17, 15) is 4.79 Å². The summed E-state index contributed by atoms with van der Waals surface area (Å²) >= 11 is 4.99. The molecule has 0 saturated carbocycles. The predicted octanol–water partition coefficient (Wildman–Crippen LogP) is 3.98. The summed E-state index contributed by atoms with van der Waals surface area (Å²) in [5.74, 6) is -0.388. The van der Waals surface area contributed by atoms with Gasteiger partial charge in [-0.15, -0.1) is 11.3 Å². The molecule has 0 unspecified atom stereocenters. The maximum absolute atomic E-state index is 11.5. The number of carbonyl (C=O) groups excluding carboxylic acids is 1. The third-order valence-corrected chi connectivity index (χ3v) is 4.47. The largest absolute Gasteiger partial charge is 0.464 e. The van der Waals surface area contributed by atoms with Gasteiger partial charge in [0.15, 0.2) is 5.69 Å². The highest BCUT2D eigenvalue weighted by Crippen LogP contribution is 2.30. The van der Waals surface area contributed by atoms with E-state index in [0.29, 0.717) is 5.69 Å². The molecule has 1 aromatic carbocycles. The molecule has 3 nitrogen and oxygen atoms in total. The topological polar surface area (TPSA) is 39.2 Å². The fourth-order valence-corrected chi connectivity index (χ4v) is 2.81. The molecule has 0 spiro atoms. The van der Waals surface area contributed by atoms with Crippen LogP contribution in [0, 0.1) is 13.8 Å². The van der Waals surface area contributed by atoms with E-state index in [0.717, 1.165) is 19.9 Å². The highest BCUT2D eigenvalue weighted by molar-refractivity contribution is 9.10. The summed E-state index contributed by atoms with van der Waals surface area (Å²) < 4.78 is 5.74. The molecule has 0 radical (unpaired) electrons. The van der Waals surface area contributed by atoms with Crippen molar-refractivity contribution in [2.45, 2.75) is 13.8 Å². The molecule has 1 aromatic heterocycles.